The van der Waals surface area contributed by atoms with Crippen LogP contribution in [0.3, 0.4) is 0 Å². The molecular formula is C15H14BrN3O. The number of nitrogen functional groups attached to an aromatic ring is 1. The summed E-state index contributed by atoms with van der Waals surface area (Å²) in [5, 5.41) is 9.11. The fourth-order valence-corrected chi connectivity index (χ4v) is 2.02. The molecule has 0 aliphatic heterocycles. The highest BCUT2D eigenvalue weighted by Gasteiger charge is 2.09. The fourth-order valence-electron chi connectivity index (χ4n) is 1.68. The van der Waals surface area contributed by atoms with E-state index in [-0.39, 0.29) is 0 Å². The van der Waals surface area contributed by atoms with Gasteiger partial charge in [-0.15, -0.1) is 0 Å². The van der Waals surface area contributed by atoms with Gasteiger partial charge < -0.3 is 15.4 Å². The van der Waals surface area contributed by atoms with Crippen LogP contribution in [0.1, 0.15) is 5.56 Å². The van der Waals surface area contributed by atoms with Gasteiger partial charge in [-0.3, -0.25) is 0 Å². The molecule has 0 fully saturated rings. The first-order chi connectivity index (χ1) is 9.51. The molecular weight excluding hydrogens is 318 g/mol. The first-order valence-electron chi connectivity index (χ1n) is 5.95. The fraction of sp³-hybridized carbons (Fsp3) is 0.133. The molecule has 0 aliphatic carbocycles. The lowest BCUT2D eigenvalue weighted by molar-refractivity contribution is 0.483. The zero-order valence-electron chi connectivity index (χ0n) is 11.2. The number of nitrogens with two attached hydrogens (primary N) is 1. The second kappa shape index (κ2) is 5.85. The largest absolute Gasteiger partial charge is 0.454 e. The molecule has 0 atom stereocenters. The molecule has 0 unspecified atom stereocenters. The van der Waals surface area contributed by atoms with Crippen molar-refractivity contribution in [2.45, 2.75) is 0 Å². The van der Waals surface area contributed by atoms with Gasteiger partial charge in [0, 0.05) is 30.3 Å². The Balaban J connectivity index is 2.42. The Bertz CT molecular complexity index is 677. The Kier molecular flexibility index (Phi) is 4.16. The van der Waals surface area contributed by atoms with Crippen molar-refractivity contribution in [3.05, 3.63) is 46.4 Å². The summed E-state index contributed by atoms with van der Waals surface area (Å²) >= 11 is 3.37. The summed E-state index contributed by atoms with van der Waals surface area (Å²) in [6.45, 7) is 0. The lowest BCUT2D eigenvalue weighted by Crippen LogP contribution is -2.08. The quantitative estimate of drug-likeness (QED) is 0.870. The number of rotatable bonds is 3. The highest BCUT2D eigenvalue weighted by Crippen LogP contribution is 2.33. The Hall–Kier alpha value is -2.19. The average molecular weight is 332 g/mol. The first kappa shape index (κ1) is 14.2. The molecule has 2 rings (SSSR count). The molecule has 0 bridgehead atoms. The van der Waals surface area contributed by atoms with E-state index in [9.17, 15) is 0 Å². The monoisotopic (exact) mass is 331 g/mol. The van der Waals surface area contributed by atoms with Gasteiger partial charge in [-0.05, 0) is 30.3 Å². The van der Waals surface area contributed by atoms with Crippen LogP contribution in [0.4, 0.5) is 11.4 Å². The van der Waals surface area contributed by atoms with Crippen LogP contribution in [0.15, 0.2) is 40.9 Å². The van der Waals surface area contributed by atoms with Crippen LogP contribution in [0.2, 0.25) is 0 Å². The van der Waals surface area contributed by atoms with E-state index in [4.69, 9.17) is 15.7 Å². The third-order valence-corrected chi connectivity index (χ3v) is 3.29. The van der Waals surface area contributed by atoms with Crippen LogP contribution in [0.5, 0.6) is 11.5 Å². The average Bonchev–Trinajstić information content (AvgIpc) is 2.41. The highest BCUT2D eigenvalue weighted by molar-refractivity contribution is 9.10. The molecule has 0 saturated carbocycles. The second-order valence-corrected chi connectivity index (χ2v) is 5.39. The summed E-state index contributed by atoms with van der Waals surface area (Å²) in [6, 6.07) is 12.9. The van der Waals surface area contributed by atoms with E-state index in [1.54, 1.807) is 24.3 Å². The van der Waals surface area contributed by atoms with Crippen LogP contribution in [0, 0.1) is 11.3 Å². The number of ether oxygens (including phenoxy) is 1. The van der Waals surface area contributed by atoms with E-state index < -0.39 is 0 Å². The van der Waals surface area contributed by atoms with Gasteiger partial charge in [0.05, 0.1) is 11.3 Å². The molecule has 0 aliphatic rings. The van der Waals surface area contributed by atoms with Gasteiger partial charge in [0.2, 0.25) is 0 Å². The zero-order valence-corrected chi connectivity index (χ0v) is 12.8. The predicted molar refractivity (Wildman–Crippen MR) is 84.1 cm³/mol. The number of nitrogens with zero attached hydrogens (tertiary/aromatic N) is 2. The van der Waals surface area contributed by atoms with Crippen molar-refractivity contribution in [3.8, 4) is 17.6 Å². The zero-order chi connectivity index (χ0) is 14.7. The van der Waals surface area contributed by atoms with Crippen LogP contribution in [-0.2, 0) is 0 Å². The van der Waals surface area contributed by atoms with Crippen LogP contribution in [0.25, 0.3) is 0 Å². The Morgan fingerprint density at radius 1 is 1.15 bits per heavy atom. The molecule has 0 radical (unpaired) electrons. The molecule has 0 aromatic heterocycles. The number of benzene rings is 2. The number of halogens is 1. The maximum atomic E-state index is 9.11. The minimum absolute atomic E-state index is 0.461. The Morgan fingerprint density at radius 3 is 2.55 bits per heavy atom. The van der Waals surface area contributed by atoms with Gasteiger partial charge in [0.1, 0.15) is 11.8 Å². The summed E-state index contributed by atoms with van der Waals surface area (Å²) in [6.07, 6.45) is 0. The second-order valence-electron chi connectivity index (χ2n) is 4.47. The van der Waals surface area contributed by atoms with Crippen LogP contribution in [-0.4, -0.2) is 14.1 Å². The van der Waals surface area contributed by atoms with Gasteiger partial charge in [0.15, 0.2) is 5.75 Å². The van der Waals surface area contributed by atoms with Gasteiger partial charge in [0.25, 0.3) is 0 Å². The number of anilines is 2. The van der Waals surface area contributed by atoms with E-state index >= 15 is 0 Å². The summed E-state index contributed by atoms with van der Waals surface area (Å²) in [4.78, 5) is 1.96. The van der Waals surface area contributed by atoms with Gasteiger partial charge >= 0.3 is 0 Å². The van der Waals surface area contributed by atoms with Crippen molar-refractivity contribution < 1.29 is 4.74 Å². The maximum absolute atomic E-state index is 9.11. The molecule has 4 nitrogen and oxygen atoms in total. The summed E-state index contributed by atoms with van der Waals surface area (Å²) in [7, 11) is 3.88. The van der Waals surface area contributed by atoms with Crippen molar-refractivity contribution in [1.82, 2.24) is 0 Å². The van der Waals surface area contributed by atoms with Crippen molar-refractivity contribution in [1.29, 1.82) is 5.26 Å². The van der Waals surface area contributed by atoms with E-state index in [1.165, 1.54) is 0 Å². The molecule has 102 valence electrons. The number of hydrogen-bond acceptors (Lipinski definition) is 4. The molecule has 2 N–H and O–H groups in total. The van der Waals surface area contributed by atoms with Gasteiger partial charge in [-0.2, -0.15) is 5.26 Å². The van der Waals surface area contributed by atoms with Crippen molar-refractivity contribution in [2.24, 2.45) is 0 Å². The van der Waals surface area contributed by atoms with Gasteiger partial charge in [-0.25, -0.2) is 0 Å². The molecule has 0 amide bonds. The topological polar surface area (TPSA) is 62.3 Å². The highest BCUT2D eigenvalue weighted by atomic mass is 79.9. The van der Waals surface area contributed by atoms with Crippen molar-refractivity contribution in [2.75, 3.05) is 24.7 Å². The van der Waals surface area contributed by atoms with Crippen LogP contribution < -0.4 is 15.4 Å². The summed E-state index contributed by atoms with van der Waals surface area (Å²) in [5.74, 6) is 1.01. The predicted octanol–water partition coefficient (Wildman–Crippen LogP) is 3.76. The Labute approximate surface area is 126 Å². The van der Waals surface area contributed by atoms with Crippen molar-refractivity contribution in [3.63, 3.8) is 0 Å². The first-order valence-corrected chi connectivity index (χ1v) is 6.75. The standard InChI is InChI=1S/C15H14BrN3O/c1-19(2)12-5-6-13(18)15(8-12)20-14-7-11(16)4-3-10(14)9-17/h3-8H,18H2,1-2H3. The minimum atomic E-state index is 0.461. The minimum Gasteiger partial charge on any atom is -0.454 e. The third-order valence-electron chi connectivity index (χ3n) is 2.80. The molecule has 0 spiro atoms. The number of hydrogen-bond donors (Lipinski definition) is 1. The number of nitriles is 1. The van der Waals surface area contributed by atoms with Crippen LogP contribution >= 0.6 is 15.9 Å². The molecule has 0 saturated heterocycles. The van der Waals surface area contributed by atoms with E-state index in [1.807, 2.05) is 31.1 Å². The van der Waals surface area contributed by atoms with E-state index in [0.717, 1.165) is 10.2 Å². The molecule has 5 heteroatoms. The molecule has 20 heavy (non-hydrogen) atoms. The van der Waals surface area contributed by atoms with Crippen molar-refractivity contribution >= 4 is 27.3 Å². The third kappa shape index (κ3) is 3.03. The summed E-state index contributed by atoms with van der Waals surface area (Å²) in [5.41, 5.74) is 7.89. The molecule has 2 aromatic rings. The maximum Gasteiger partial charge on any atom is 0.152 e. The SMILES string of the molecule is CN(C)c1ccc(N)c(Oc2cc(Br)ccc2C#N)c1. The summed E-state index contributed by atoms with van der Waals surface area (Å²) < 4.78 is 6.64. The molecule has 2 aromatic carbocycles. The smallest absolute Gasteiger partial charge is 0.152 e. The van der Waals surface area contributed by atoms with E-state index in [2.05, 4.69) is 22.0 Å². The normalized spacial score (nSPS) is 9.90. The van der Waals surface area contributed by atoms with E-state index in [0.29, 0.717) is 22.7 Å². The molecule has 0 heterocycles. The lowest BCUT2D eigenvalue weighted by Gasteiger charge is -2.16. The van der Waals surface area contributed by atoms with Gasteiger partial charge in [-0.1, -0.05) is 15.9 Å². The Morgan fingerprint density at radius 2 is 1.90 bits per heavy atom. The lowest BCUT2D eigenvalue weighted by atomic mass is 10.2.